The number of rotatable bonds is 7. The fourth-order valence-electron chi connectivity index (χ4n) is 3.05. The topological polar surface area (TPSA) is 66.5 Å². The molecular formula is C20H25ClN2O3S. The van der Waals surface area contributed by atoms with Gasteiger partial charge in [-0.25, -0.2) is 8.42 Å². The van der Waals surface area contributed by atoms with Crippen LogP contribution in [0.25, 0.3) is 0 Å². The Morgan fingerprint density at radius 2 is 1.67 bits per heavy atom. The Morgan fingerprint density at radius 3 is 2.15 bits per heavy atom. The minimum absolute atomic E-state index is 0.354. The maximum absolute atomic E-state index is 12.9. The third-order valence-electron chi connectivity index (χ3n) is 4.40. The zero-order chi connectivity index (χ0) is 20.2. The highest BCUT2D eigenvalue weighted by Crippen LogP contribution is 2.26. The molecule has 146 valence electrons. The summed E-state index contributed by atoms with van der Waals surface area (Å²) in [4.78, 5) is 12.9. The monoisotopic (exact) mass is 408 g/mol. The van der Waals surface area contributed by atoms with Crippen molar-refractivity contribution in [2.24, 2.45) is 0 Å². The van der Waals surface area contributed by atoms with Crippen molar-refractivity contribution in [3.63, 3.8) is 0 Å². The molecule has 1 amide bonds. The van der Waals surface area contributed by atoms with Crippen LogP contribution in [-0.2, 0) is 27.7 Å². The Hall–Kier alpha value is -2.05. The molecule has 0 spiro atoms. The summed E-state index contributed by atoms with van der Waals surface area (Å²) in [6.45, 7) is 5.60. The van der Waals surface area contributed by atoms with Crippen molar-refractivity contribution < 1.29 is 13.2 Å². The molecular weight excluding hydrogens is 384 g/mol. The van der Waals surface area contributed by atoms with Crippen molar-refractivity contribution >= 4 is 38.9 Å². The molecule has 1 atom stereocenters. The van der Waals surface area contributed by atoms with Gasteiger partial charge in [0.05, 0.1) is 11.9 Å². The van der Waals surface area contributed by atoms with E-state index >= 15 is 0 Å². The highest BCUT2D eigenvalue weighted by Gasteiger charge is 2.29. The largest absolute Gasteiger partial charge is 0.324 e. The molecule has 2 aromatic carbocycles. The maximum atomic E-state index is 12.9. The standard InChI is InChI=1S/C20H25ClN2O3S/c1-5-15-9-7-10-16(6-2)19(15)22-20(24)14(3)23(27(4,25)26)18-12-8-11-17(21)13-18/h7-14H,5-6H2,1-4H3,(H,22,24)/t14-/m1/s1. The van der Waals surface area contributed by atoms with Crippen molar-refractivity contribution in [3.05, 3.63) is 58.6 Å². The Morgan fingerprint density at radius 1 is 1.11 bits per heavy atom. The molecule has 0 bridgehead atoms. The number of nitrogens with one attached hydrogen (secondary N) is 1. The van der Waals surface area contributed by atoms with E-state index in [9.17, 15) is 13.2 Å². The first-order valence-electron chi connectivity index (χ1n) is 8.85. The van der Waals surface area contributed by atoms with Crippen LogP contribution in [0.5, 0.6) is 0 Å². The van der Waals surface area contributed by atoms with E-state index in [2.05, 4.69) is 5.32 Å². The highest BCUT2D eigenvalue weighted by molar-refractivity contribution is 7.92. The lowest BCUT2D eigenvalue weighted by atomic mass is 10.0. The molecule has 0 radical (unpaired) electrons. The third-order valence-corrected chi connectivity index (χ3v) is 5.87. The van der Waals surface area contributed by atoms with Gasteiger partial charge in [0, 0.05) is 10.7 Å². The van der Waals surface area contributed by atoms with E-state index in [0.717, 1.165) is 40.2 Å². The smallest absolute Gasteiger partial charge is 0.248 e. The first-order valence-corrected chi connectivity index (χ1v) is 11.1. The molecule has 0 fully saturated rings. The van der Waals surface area contributed by atoms with Crippen molar-refractivity contribution in [2.45, 2.75) is 39.7 Å². The normalized spacial score (nSPS) is 12.5. The van der Waals surface area contributed by atoms with Crippen LogP contribution in [0.15, 0.2) is 42.5 Å². The van der Waals surface area contributed by atoms with Crippen LogP contribution in [0.3, 0.4) is 0 Å². The predicted molar refractivity (Wildman–Crippen MR) is 112 cm³/mol. The first-order chi connectivity index (χ1) is 12.7. The van der Waals surface area contributed by atoms with Gasteiger partial charge in [-0.15, -0.1) is 0 Å². The summed E-state index contributed by atoms with van der Waals surface area (Å²) in [5, 5.41) is 3.34. The average Bonchev–Trinajstić information content (AvgIpc) is 2.60. The van der Waals surface area contributed by atoms with Gasteiger partial charge in [-0.05, 0) is 49.1 Å². The summed E-state index contributed by atoms with van der Waals surface area (Å²) in [5.41, 5.74) is 3.15. The Balaban J connectivity index is 2.40. The molecule has 0 heterocycles. The summed E-state index contributed by atoms with van der Waals surface area (Å²) in [5.74, 6) is -0.393. The number of hydrogen-bond donors (Lipinski definition) is 1. The van der Waals surface area contributed by atoms with Crippen molar-refractivity contribution in [1.82, 2.24) is 0 Å². The second kappa shape index (κ2) is 8.76. The van der Waals surface area contributed by atoms with Gasteiger partial charge < -0.3 is 5.32 Å². The number of hydrogen-bond acceptors (Lipinski definition) is 3. The first kappa shape index (κ1) is 21.3. The van der Waals surface area contributed by atoms with Crippen LogP contribution >= 0.6 is 11.6 Å². The number of carbonyl (C=O) groups is 1. The van der Waals surface area contributed by atoms with Gasteiger partial charge in [0.1, 0.15) is 6.04 Å². The number of para-hydroxylation sites is 1. The van der Waals surface area contributed by atoms with Gasteiger partial charge in [0.25, 0.3) is 0 Å². The summed E-state index contributed by atoms with van der Waals surface area (Å²) in [6.07, 6.45) is 2.61. The van der Waals surface area contributed by atoms with Gasteiger partial charge in [-0.2, -0.15) is 0 Å². The summed E-state index contributed by atoms with van der Waals surface area (Å²) in [6, 6.07) is 11.4. The molecule has 7 heteroatoms. The number of amides is 1. The minimum atomic E-state index is -3.69. The van der Waals surface area contributed by atoms with Gasteiger partial charge in [-0.1, -0.05) is 49.7 Å². The number of halogens is 1. The molecule has 0 aliphatic heterocycles. The van der Waals surface area contributed by atoms with Crippen molar-refractivity contribution in [1.29, 1.82) is 0 Å². The number of nitrogens with zero attached hydrogens (tertiary/aromatic N) is 1. The van der Waals surface area contributed by atoms with Gasteiger partial charge in [0.15, 0.2) is 0 Å². The summed E-state index contributed by atoms with van der Waals surface area (Å²) >= 11 is 6.01. The molecule has 0 aromatic heterocycles. The van der Waals surface area contributed by atoms with E-state index in [1.165, 1.54) is 6.07 Å². The maximum Gasteiger partial charge on any atom is 0.248 e. The molecule has 0 aliphatic carbocycles. The summed E-state index contributed by atoms with van der Waals surface area (Å²) in [7, 11) is -3.69. The fourth-order valence-corrected chi connectivity index (χ4v) is 4.40. The average molecular weight is 409 g/mol. The summed E-state index contributed by atoms with van der Waals surface area (Å²) < 4.78 is 25.9. The zero-order valence-corrected chi connectivity index (χ0v) is 17.6. The van der Waals surface area contributed by atoms with Gasteiger partial charge >= 0.3 is 0 Å². The van der Waals surface area contributed by atoms with Gasteiger partial charge in [-0.3, -0.25) is 9.10 Å². The Labute approximate surface area is 166 Å². The predicted octanol–water partition coefficient (Wildman–Crippen LogP) is 4.26. The number of aryl methyl sites for hydroxylation is 2. The molecule has 1 N–H and O–H groups in total. The van der Waals surface area contributed by atoms with Crippen molar-refractivity contribution in [2.75, 3.05) is 15.9 Å². The minimum Gasteiger partial charge on any atom is -0.324 e. The van der Waals surface area contributed by atoms with E-state index in [4.69, 9.17) is 11.6 Å². The molecule has 0 saturated carbocycles. The van der Waals surface area contributed by atoms with Crippen LogP contribution in [0, 0.1) is 0 Å². The van der Waals surface area contributed by atoms with E-state index in [-0.39, 0.29) is 0 Å². The second-order valence-corrected chi connectivity index (χ2v) is 8.66. The molecule has 2 rings (SSSR count). The molecule has 5 nitrogen and oxygen atoms in total. The quantitative estimate of drug-likeness (QED) is 0.744. The number of anilines is 2. The van der Waals surface area contributed by atoms with Crippen LogP contribution in [0.4, 0.5) is 11.4 Å². The molecule has 0 aliphatic rings. The van der Waals surface area contributed by atoms with Gasteiger partial charge in [0.2, 0.25) is 15.9 Å². The number of sulfonamides is 1. The molecule has 0 unspecified atom stereocenters. The molecule has 2 aromatic rings. The molecule has 0 saturated heterocycles. The molecule has 27 heavy (non-hydrogen) atoms. The fraction of sp³-hybridized carbons (Fsp3) is 0.350. The lowest BCUT2D eigenvalue weighted by molar-refractivity contribution is -0.116. The third kappa shape index (κ3) is 5.02. The number of carbonyl (C=O) groups excluding carboxylic acids is 1. The Bertz CT molecular complexity index is 906. The Kier molecular flexibility index (Phi) is 6.89. The lowest BCUT2D eigenvalue weighted by Gasteiger charge is -2.29. The van der Waals surface area contributed by atoms with E-state index in [1.807, 2.05) is 32.0 Å². The number of benzene rings is 2. The lowest BCUT2D eigenvalue weighted by Crippen LogP contribution is -2.45. The zero-order valence-electron chi connectivity index (χ0n) is 16.0. The SMILES string of the molecule is CCc1cccc(CC)c1NC(=O)[C@@H](C)N(c1cccc(Cl)c1)S(C)(=O)=O. The highest BCUT2D eigenvalue weighted by atomic mass is 35.5. The van der Waals surface area contributed by atoms with Crippen LogP contribution in [-0.4, -0.2) is 26.6 Å². The van der Waals surface area contributed by atoms with E-state index in [1.54, 1.807) is 25.1 Å². The van der Waals surface area contributed by atoms with Crippen LogP contribution in [0.1, 0.15) is 31.9 Å². The van der Waals surface area contributed by atoms with E-state index < -0.39 is 22.0 Å². The van der Waals surface area contributed by atoms with Crippen molar-refractivity contribution in [3.8, 4) is 0 Å². The van der Waals surface area contributed by atoms with Crippen LogP contribution in [0.2, 0.25) is 5.02 Å². The second-order valence-electron chi connectivity index (χ2n) is 6.36. The van der Waals surface area contributed by atoms with E-state index in [0.29, 0.717) is 10.7 Å². The van der Waals surface area contributed by atoms with Crippen LogP contribution < -0.4 is 9.62 Å².